The Bertz CT molecular complexity index is 85.5. The summed E-state index contributed by atoms with van der Waals surface area (Å²) in [6.45, 7) is 3.01. The summed E-state index contributed by atoms with van der Waals surface area (Å²) in [5, 5.41) is 0. The minimum atomic E-state index is 0.560. The number of nitrogens with two attached hydrogens (primary N) is 1. The highest BCUT2D eigenvalue weighted by atomic mass is 14.9. The summed E-state index contributed by atoms with van der Waals surface area (Å²) >= 11 is 0. The smallest absolute Gasteiger partial charge is 0.0984 e. The van der Waals surface area contributed by atoms with E-state index < -0.39 is 0 Å². The van der Waals surface area contributed by atoms with Crippen molar-refractivity contribution in [2.75, 3.05) is 6.54 Å². The van der Waals surface area contributed by atoms with Crippen LogP contribution in [0.3, 0.4) is 0 Å². The molecule has 2 heteroatoms. The maximum absolute atomic E-state index is 5.27. The maximum atomic E-state index is 5.27. The lowest BCUT2D eigenvalue weighted by Crippen LogP contribution is -2.32. The molecule has 0 amide bonds. The molecule has 0 spiro atoms. The van der Waals surface area contributed by atoms with Crippen LogP contribution in [0.1, 0.15) is 6.92 Å². The van der Waals surface area contributed by atoms with Crippen LogP contribution >= 0.6 is 0 Å². The van der Waals surface area contributed by atoms with Gasteiger partial charge in [0.1, 0.15) is 0 Å². The van der Waals surface area contributed by atoms with Crippen LogP contribution in [-0.2, 0) is 0 Å². The predicted molar refractivity (Wildman–Crippen MR) is 25.7 cm³/mol. The normalized spacial score (nSPS) is 31.5. The molecule has 2 N–H and O–H groups in total. The Labute approximate surface area is 37.1 Å². The molecule has 1 rings (SSSR count). The van der Waals surface area contributed by atoms with Crippen molar-refractivity contribution in [3.8, 4) is 0 Å². The zero-order valence-electron chi connectivity index (χ0n) is 3.81. The van der Waals surface area contributed by atoms with Crippen molar-refractivity contribution in [1.29, 1.82) is 0 Å². The molecule has 0 aromatic rings. The summed E-state index contributed by atoms with van der Waals surface area (Å²) in [4.78, 5) is 3.84. The van der Waals surface area contributed by atoms with E-state index in [0.29, 0.717) is 5.92 Å². The average molecular weight is 84.1 g/mol. The molecule has 34 valence electrons. The first-order valence-corrected chi connectivity index (χ1v) is 2.10. The highest BCUT2D eigenvalue weighted by Gasteiger charge is 2.12. The van der Waals surface area contributed by atoms with Gasteiger partial charge in [-0.1, -0.05) is 6.92 Å². The number of rotatable bonds is 0. The SMILES string of the molecule is CC1CN=C1N. The van der Waals surface area contributed by atoms with Crippen molar-refractivity contribution < 1.29 is 0 Å². The average Bonchev–Trinajstić information content (AvgIpc) is 1.61. The molecular formula is C4H8N2. The van der Waals surface area contributed by atoms with Gasteiger partial charge in [0.05, 0.1) is 12.4 Å². The minimum Gasteiger partial charge on any atom is -0.387 e. The Morgan fingerprint density at radius 3 is 2.50 bits per heavy atom. The first kappa shape index (κ1) is 3.65. The molecule has 0 fully saturated rings. The van der Waals surface area contributed by atoms with Crippen molar-refractivity contribution in [3.05, 3.63) is 0 Å². The summed E-state index contributed by atoms with van der Waals surface area (Å²) in [7, 11) is 0. The van der Waals surface area contributed by atoms with Gasteiger partial charge in [0.2, 0.25) is 0 Å². The van der Waals surface area contributed by atoms with E-state index in [-0.39, 0.29) is 0 Å². The van der Waals surface area contributed by atoms with Gasteiger partial charge in [0.15, 0.2) is 0 Å². The van der Waals surface area contributed by atoms with Crippen LogP contribution in [0.4, 0.5) is 0 Å². The van der Waals surface area contributed by atoms with E-state index in [0.717, 1.165) is 12.4 Å². The Kier molecular flexibility index (Phi) is 0.587. The van der Waals surface area contributed by atoms with Crippen LogP contribution in [0, 0.1) is 5.92 Å². The van der Waals surface area contributed by atoms with Crippen molar-refractivity contribution in [1.82, 2.24) is 0 Å². The van der Waals surface area contributed by atoms with Gasteiger partial charge in [-0.25, -0.2) is 0 Å². The highest BCUT2D eigenvalue weighted by molar-refractivity contribution is 5.86. The zero-order chi connectivity index (χ0) is 4.57. The van der Waals surface area contributed by atoms with E-state index in [1.807, 2.05) is 0 Å². The maximum Gasteiger partial charge on any atom is 0.0984 e. The fourth-order valence-corrected chi connectivity index (χ4v) is 0.379. The molecule has 0 saturated carbocycles. The fraction of sp³-hybridized carbons (Fsp3) is 0.750. The molecular weight excluding hydrogens is 76.1 g/mol. The highest BCUT2D eigenvalue weighted by Crippen LogP contribution is 2.04. The lowest BCUT2D eigenvalue weighted by Gasteiger charge is -2.16. The van der Waals surface area contributed by atoms with E-state index in [1.165, 1.54) is 0 Å². The topological polar surface area (TPSA) is 38.4 Å². The summed E-state index contributed by atoms with van der Waals surface area (Å²) in [6, 6.07) is 0. The van der Waals surface area contributed by atoms with E-state index in [4.69, 9.17) is 5.73 Å². The molecule has 1 aliphatic heterocycles. The second-order valence-electron chi connectivity index (χ2n) is 1.67. The first-order chi connectivity index (χ1) is 2.80. The second-order valence-corrected chi connectivity index (χ2v) is 1.67. The monoisotopic (exact) mass is 84.1 g/mol. The largest absolute Gasteiger partial charge is 0.387 e. The van der Waals surface area contributed by atoms with Gasteiger partial charge in [-0.05, 0) is 0 Å². The predicted octanol–water partition coefficient (Wildman–Crippen LogP) is -0.00670. The molecule has 0 aliphatic carbocycles. The fourth-order valence-electron chi connectivity index (χ4n) is 0.379. The number of nitrogens with zero attached hydrogens (tertiary/aromatic N) is 1. The van der Waals surface area contributed by atoms with Gasteiger partial charge in [0.25, 0.3) is 0 Å². The van der Waals surface area contributed by atoms with Gasteiger partial charge >= 0.3 is 0 Å². The third-order valence-electron chi connectivity index (χ3n) is 1.05. The number of hydrogen-bond donors (Lipinski definition) is 1. The molecule has 1 heterocycles. The molecule has 1 atom stereocenters. The molecule has 0 bridgehead atoms. The molecule has 0 saturated heterocycles. The van der Waals surface area contributed by atoms with Gasteiger partial charge in [-0.3, -0.25) is 4.99 Å². The van der Waals surface area contributed by atoms with E-state index >= 15 is 0 Å². The Morgan fingerprint density at radius 2 is 2.50 bits per heavy atom. The zero-order valence-corrected chi connectivity index (χ0v) is 3.81. The van der Waals surface area contributed by atoms with Gasteiger partial charge in [-0.15, -0.1) is 0 Å². The van der Waals surface area contributed by atoms with Crippen molar-refractivity contribution in [3.63, 3.8) is 0 Å². The lowest BCUT2D eigenvalue weighted by molar-refractivity contribution is 0.701. The first-order valence-electron chi connectivity index (χ1n) is 2.10. The van der Waals surface area contributed by atoms with Gasteiger partial charge in [0, 0.05) is 5.92 Å². The van der Waals surface area contributed by atoms with Crippen LogP contribution < -0.4 is 5.73 Å². The Morgan fingerprint density at radius 1 is 2.00 bits per heavy atom. The molecule has 6 heavy (non-hydrogen) atoms. The third kappa shape index (κ3) is 0.295. The third-order valence-corrected chi connectivity index (χ3v) is 1.05. The molecule has 1 unspecified atom stereocenters. The van der Waals surface area contributed by atoms with E-state index in [2.05, 4.69) is 11.9 Å². The summed E-state index contributed by atoms with van der Waals surface area (Å²) in [5.41, 5.74) is 5.27. The number of amidine groups is 1. The summed E-state index contributed by atoms with van der Waals surface area (Å²) in [5.74, 6) is 1.38. The van der Waals surface area contributed by atoms with E-state index in [9.17, 15) is 0 Å². The van der Waals surface area contributed by atoms with Crippen LogP contribution in [0.15, 0.2) is 4.99 Å². The van der Waals surface area contributed by atoms with Crippen LogP contribution in [0.2, 0.25) is 0 Å². The van der Waals surface area contributed by atoms with Gasteiger partial charge < -0.3 is 5.73 Å². The summed E-state index contributed by atoms with van der Waals surface area (Å²) < 4.78 is 0. The molecule has 0 aromatic carbocycles. The molecule has 2 nitrogen and oxygen atoms in total. The lowest BCUT2D eigenvalue weighted by atomic mass is 10.1. The standard InChI is InChI=1S/C4H8N2/c1-3-2-6-4(3)5/h3H,2H2,1H3,(H2,5,6). The molecule has 0 aromatic heterocycles. The summed E-state index contributed by atoms with van der Waals surface area (Å²) in [6.07, 6.45) is 0. The second kappa shape index (κ2) is 0.965. The number of aliphatic imine (C=N–C) groups is 1. The van der Waals surface area contributed by atoms with Crippen LogP contribution in [0.25, 0.3) is 0 Å². The van der Waals surface area contributed by atoms with Gasteiger partial charge in [-0.2, -0.15) is 0 Å². The Balaban J connectivity index is 2.51. The molecule has 0 radical (unpaired) electrons. The molecule has 1 aliphatic rings. The van der Waals surface area contributed by atoms with Crippen molar-refractivity contribution in [2.45, 2.75) is 6.92 Å². The van der Waals surface area contributed by atoms with Crippen LogP contribution in [-0.4, -0.2) is 12.4 Å². The van der Waals surface area contributed by atoms with Crippen LogP contribution in [0.5, 0.6) is 0 Å². The van der Waals surface area contributed by atoms with E-state index in [1.54, 1.807) is 0 Å². The Hall–Kier alpha value is -0.530. The minimum absolute atomic E-state index is 0.560. The van der Waals surface area contributed by atoms with Crippen molar-refractivity contribution >= 4 is 5.84 Å². The number of hydrogen-bond acceptors (Lipinski definition) is 2. The van der Waals surface area contributed by atoms with Crippen molar-refractivity contribution in [2.24, 2.45) is 16.6 Å². The quantitative estimate of drug-likeness (QED) is 0.440.